The molecular weight excluding hydrogens is 458 g/mol. The van der Waals surface area contributed by atoms with Gasteiger partial charge in [0, 0.05) is 9.50 Å². The summed E-state index contributed by atoms with van der Waals surface area (Å²) in [6, 6.07) is 10.2. The molecule has 4 nitrogen and oxygen atoms in total. The largest absolute Gasteiger partial charge is 0.504 e. The van der Waals surface area contributed by atoms with Crippen LogP contribution in [0.5, 0.6) is 11.5 Å². The van der Waals surface area contributed by atoms with Crippen LogP contribution in [0.2, 0.25) is 5.02 Å². The first kappa shape index (κ1) is 19.2. The molecule has 1 fully saturated rings. The molecule has 1 amide bonds. The molecule has 0 radical (unpaired) electrons. The van der Waals surface area contributed by atoms with Crippen molar-refractivity contribution >= 4 is 73.5 Å². The Bertz CT molecular complexity index is 933. The molecule has 1 aliphatic heterocycles. The van der Waals surface area contributed by atoms with E-state index in [1.807, 2.05) is 6.92 Å². The van der Waals surface area contributed by atoms with Gasteiger partial charge in [-0.25, -0.2) is 0 Å². The number of carbonyl (C=O) groups excluding carboxylic acids is 1. The molecule has 3 rings (SSSR count). The minimum atomic E-state index is -0.222. The highest BCUT2D eigenvalue weighted by molar-refractivity contribution is 9.10. The topological polar surface area (TPSA) is 49.8 Å². The molecule has 1 saturated heterocycles. The molecule has 134 valence electrons. The number of hydrogen-bond donors (Lipinski definition) is 1. The summed E-state index contributed by atoms with van der Waals surface area (Å²) in [6.07, 6.45) is 1.72. The number of benzene rings is 2. The summed E-state index contributed by atoms with van der Waals surface area (Å²) in [4.78, 5) is 14.8. The van der Waals surface area contributed by atoms with Crippen molar-refractivity contribution in [3.8, 4) is 11.5 Å². The molecule has 0 saturated carbocycles. The van der Waals surface area contributed by atoms with E-state index in [0.29, 0.717) is 42.3 Å². The van der Waals surface area contributed by atoms with Crippen molar-refractivity contribution in [2.24, 2.45) is 0 Å². The number of rotatable bonds is 4. The normalized spacial score (nSPS) is 15.8. The van der Waals surface area contributed by atoms with E-state index in [2.05, 4.69) is 15.9 Å². The maximum Gasteiger partial charge on any atom is 0.270 e. The second-order valence-corrected chi connectivity index (χ2v) is 8.24. The van der Waals surface area contributed by atoms with Crippen molar-refractivity contribution in [1.29, 1.82) is 0 Å². The molecule has 0 aliphatic carbocycles. The van der Waals surface area contributed by atoms with E-state index in [1.165, 1.54) is 22.7 Å². The van der Waals surface area contributed by atoms with E-state index < -0.39 is 0 Å². The molecule has 0 spiro atoms. The van der Waals surface area contributed by atoms with Crippen molar-refractivity contribution in [3.63, 3.8) is 0 Å². The number of aromatic hydroxyl groups is 1. The van der Waals surface area contributed by atoms with Gasteiger partial charge in [-0.1, -0.05) is 57.6 Å². The Morgan fingerprint density at radius 2 is 2.15 bits per heavy atom. The highest BCUT2D eigenvalue weighted by Gasteiger charge is 2.33. The summed E-state index contributed by atoms with van der Waals surface area (Å²) in [5.41, 5.74) is 1.33. The fraction of sp³-hybridized carbons (Fsp3) is 0.111. The van der Waals surface area contributed by atoms with Crippen LogP contribution in [0.4, 0.5) is 5.69 Å². The number of anilines is 1. The Morgan fingerprint density at radius 1 is 1.38 bits per heavy atom. The predicted octanol–water partition coefficient (Wildman–Crippen LogP) is 5.61. The van der Waals surface area contributed by atoms with Gasteiger partial charge in [-0.05, 0) is 48.9 Å². The maximum absolute atomic E-state index is 12.8. The van der Waals surface area contributed by atoms with Gasteiger partial charge in [0.2, 0.25) is 0 Å². The van der Waals surface area contributed by atoms with Gasteiger partial charge >= 0.3 is 0 Å². The minimum absolute atomic E-state index is 0.0300. The van der Waals surface area contributed by atoms with Crippen molar-refractivity contribution in [2.75, 3.05) is 11.5 Å². The lowest BCUT2D eigenvalue weighted by Crippen LogP contribution is -2.27. The third-order valence-corrected chi connectivity index (χ3v) is 5.75. The number of phenols is 1. The molecule has 0 bridgehead atoms. The van der Waals surface area contributed by atoms with Gasteiger partial charge in [0.15, 0.2) is 15.8 Å². The SMILES string of the molecule is CCOc1cc(/C=C2/SC(=S)N(c3cccc(Cl)c3)C2=O)c(Br)cc1O. The number of phenolic OH excluding ortho intramolecular Hbond substituents is 1. The van der Waals surface area contributed by atoms with Crippen molar-refractivity contribution in [2.45, 2.75) is 6.92 Å². The monoisotopic (exact) mass is 469 g/mol. The van der Waals surface area contributed by atoms with Gasteiger partial charge in [0.25, 0.3) is 5.91 Å². The molecule has 1 aliphatic rings. The summed E-state index contributed by atoms with van der Waals surface area (Å²) in [6.45, 7) is 2.25. The van der Waals surface area contributed by atoms with Crippen LogP contribution in [-0.4, -0.2) is 21.9 Å². The van der Waals surface area contributed by atoms with Crippen LogP contribution in [-0.2, 0) is 4.79 Å². The first-order valence-electron chi connectivity index (χ1n) is 7.59. The molecule has 8 heteroatoms. The first-order chi connectivity index (χ1) is 12.4. The summed E-state index contributed by atoms with van der Waals surface area (Å²) in [7, 11) is 0. The second-order valence-electron chi connectivity index (χ2n) is 5.27. The highest BCUT2D eigenvalue weighted by atomic mass is 79.9. The molecular formula is C18H13BrClNO3S2. The van der Waals surface area contributed by atoms with E-state index in [9.17, 15) is 9.90 Å². The Kier molecular flexibility index (Phi) is 5.92. The minimum Gasteiger partial charge on any atom is -0.504 e. The van der Waals surface area contributed by atoms with Gasteiger partial charge in [-0.3, -0.25) is 9.69 Å². The summed E-state index contributed by atoms with van der Waals surface area (Å²) >= 11 is 16.0. The van der Waals surface area contributed by atoms with Crippen LogP contribution < -0.4 is 9.64 Å². The Labute approximate surface area is 173 Å². The molecule has 0 atom stereocenters. The quantitative estimate of drug-likeness (QED) is 0.465. The standard InChI is InChI=1S/C18H13BrClNO3S2/c1-2-24-15-6-10(13(19)9-14(15)22)7-16-17(23)21(18(25)26-16)12-5-3-4-11(20)8-12/h3-9,22H,2H2,1H3/b16-7+. The lowest BCUT2D eigenvalue weighted by Gasteiger charge is -2.14. The zero-order valence-electron chi connectivity index (χ0n) is 13.5. The van der Waals surface area contributed by atoms with Crippen LogP contribution in [0.15, 0.2) is 45.8 Å². The molecule has 26 heavy (non-hydrogen) atoms. The van der Waals surface area contributed by atoms with Crippen molar-refractivity contribution in [3.05, 3.63) is 56.4 Å². The fourth-order valence-electron chi connectivity index (χ4n) is 2.39. The van der Waals surface area contributed by atoms with Crippen molar-refractivity contribution in [1.82, 2.24) is 0 Å². The van der Waals surface area contributed by atoms with Gasteiger partial charge in [-0.2, -0.15) is 0 Å². The number of nitrogens with zero attached hydrogens (tertiary/aromatic N) is 1. The van der Waals surface area contributed by atoms with Crippen LogP contribution in [0.25, 0.3) is 6.08 Å². The van der Waals surface area contributed by atoms with Crippen LogP contribution in [0.1, 0.15) is 12.5 Å². The number of amides is 1. The second kappa shape index (κ2) is 8.00. The fourth-order valence-corrected chi connectivity index (χ4v) is 4.31. The van der Waals surface area contributed by atoms with Gasteiger partial charge in [0.1, 0.15) is 0 Å². The van der Waals surface area contributed by atoms with E-state index >= 15 is 0 Å². The molecule has 2 aromatic rings. The zero-order valence-corrected chi connectivity index (χ0v) is 17.5. The average molecular weight is 471 g/mol. The van der Waals surface area contributed by atoms with Gasteiger partial charge in [0.05, 0.1) is 17.2 Å². The number of ether oxygens (including phenoxy) is 1. The van der Waals surface area contributed by atoms with E-state index in [1.54, 1.807) is 36.4 Å². The highest BCUT2D eigenvalue weighted by Crippen LogP contribution is 2.39. The number of thioether (sulfide) groups is 1. The van der Waals surface area contributed by atoms with Crippen molar-refractivity contribution < 1.29 is 14.6 Å². The lowest BCUT2D eigenvalue weighted by molar-refractivity contribution is -0.113. The van der Waals surface area contributed by atoms with Crippen LogP contribution in [0, 0.1) is 0 Å². The number of hydrogen-bond acceptors (Lipinski definition) is 5. The van der Waals surface area contributed by atoms with Gasteiger partial charge < -0.3 is 9.84 Å². The molecule has 2 aromatic carbocycles. The first-order valence-corrected chi connectivity index (χ1v) is 9.99. The average Bonchev–Trinajstić information content (AvgIpc) is 2.86. The lowest BCUT2D eigenvalue weighted by atomic mass is 10.2. The number of carbonyl (C=O) groups is 1. The third-order valence-electron chi connectivity index (χ3n) is 3.52. The summed E-state index contributed by atoms with van der Waals surface area (Å²) < 4.78 is 6.48. The van der Waals surface area contributed by atoms with E-state index in [0.717, 1.165) is 0 Å². The summed E-state index contributed by atoms with van der Waals surface area (Å²) in [5.74, 6) is 0.162. The Hall–Kier alpha value is -1.54. The smallest absolute Gasteiger partial charge is 0.270 e. The van der Waals surface area contributed by atoms with E-state index in [4.69, 9.17) is 28.6 Å². The maximum atomic E-state index is 12.8. The number of thiocarbonyl (C=S) groups is 1. The van der Waals surface area contributed by atoms with Crippen LogP contribution >= 0.6 is 51.5 Å². The molecule has 0 aromatic heterocycles. The Morgan fingerprint density at radius 3 is 2.85 bits per heavy atom. The van der Waals surface area contributed by atoms with E-state index in [-0.39, 0.29) is 11.7 Å². The zero-order chi connectivity index (χ0) is 18.8. The van der Waals surface area contributed by atoms with Crippen LogP contribution in [0.3, 0.4) is 0 Å². The molecule has 1 heterocycles. The van der Waals surface area contributed by atoms with Gasteiger partial charge in [-0.15, -0.1) is 0 Å². The third kappa shape index (κ3) is 3.91. The number of halogens is 2. The molecule has 0 unspecified atom stereocenters. The Balaban J connectivity index is 1.97. The summed E-state index contributed by atoms with van der Waals surface area (Å²) in [5, 5.41) is 10.5. The molecule has 1 N–H and O–H groups in total. The predicted molar refractivity (Wildman–Crippen MR) is 114 cm³/mol.